The number of benzene rings is 2. The first-order chi connectivity index (χ1) is 15.0. The molecule has 2 heterocycles. The molecule has 0 aliphatic heterocycles. The Balaban J connectivity index is 1.78. The van der Waals surface area contributed by atoms with Gasteiger partial charge in [0.2, 0.25) is 0 Å². The van der Waals surface area contributed by atoms with Crippen LogP contribution in [0.2, 0.25) is 0 Å². The number of hydrogen-bond acceptors (Lipinski definition) is 7. The number of fused-ring (bicyclic) bond motifs is 1. The molecule has 0 saturated carbocycles. The Kier molecular flexibility index (Phi) is 5.44. The minimum atomic E-state index is -1.10. The standard InChI is InChI=1S/C21H19FN6O3/c1-3-15-18(23-11-12-6-4-7-13(22)10-12)25-20(27-26-15)28-16-9-5-8-14(19(29)30)17(16)24-21(28)31-2/h4-10H,3,11H2,1-2H3,(H,29,30)(H,23,25,27). The van der Waals surface area contributed by atoms with Gasteiger partial charge in [-0.3, -0.25) is 0 Å². The second-order valence-corrected chi connectivity index (χ2v) is 6.66. The van der Waals surface area contributed by atoms with E-state index in [-0.39, 0.29) is 28.9 Å². The van der Waals surface area contributed by atoms with Crippen LogP contribution in [0, 0.1) is 5.82 Å². The number of nitrogens with zero attached hydrogens (tertiary/aromatic N) is 5. The van der Waals surface area contributed by atoms with Gasteiger partial charge in [-0.2, -0.15) is 9.97 Å². The van der Waals surface area contributed by atoms with Gasteiger partial charge in [0.25, 0.3) is 5.95 Å². The Morgan fingerprint density at radius 3 is 2.71 bits per heavy atom. The molecular formula is C21H19FN6O3. The average Bonchev–Trinajstić information content (AvgIpc) is 3.16. The predicted octanol–water partition coefficient (Wildman–Crippen LogP) is 3.23. The molecule has 0 saturated heterocycles. The number of carboxylic acids is 1. The number of rotatable bonds is 7. The maximum absolute atomic E-state index is 13.5. The molecule has 0 unspecified atom stereocenters. The van der Waals surface area contributed by atoms with Crippen LogP contribution in [0.25, 0.3) is 17.0 Å². The summed E-state index contributed by atoms with van der Waals surface area (Å²) in [6, 6.07) is 11.2. The third-order valence-corrected chi connectivity index (χ3v) is 4.70. The van der Waals surface area contributed by atoms with Crippen LogP contribution in [0.4, 0.5) is 10.2 Å². The number of carbonyl (C=O) groups is 1. The van der Waals surface area contributed by atoms with Gasteiger partial charge in [0.15, 0.2) is 5.82 Å². The van der Waals surface area contributed by atoms with Gasteiger partial charge in [-0.05, 0) is 36.2 Å². The summed E-state index contributed by atoms with van der Waals surface area (Å²) in [5.41, 5.74) is 2.15. The fourth-order valence-corrected chi connectivity index (χ4v) is 3.23. The summed E-state index contributed by atoms with van der Waals surface area (Å²) < 4.78 is 20.3. The van der Waals surface area contributed by atoms with E-state index in [9.17, 15) is 14.3 Å². The van der Waals surface area contributed by atoms with Crippen molar-refractivity contribution in [3.05, 3.63) is 65.1 Å². The number of aromatic nitrogens is 5. The number of hydrogen-bond donors (Lipinski definition) is 2. The predicted molar refractivity (Wildman–Crippen MR) is 111 cm³/mol. The Bertz CT molecular complexity index is 1270. The minimum Gasteiger partial charge on any atom is -0.478 e. The van der Waals surface area contributed by atoms with Crippen molar-refractivity contribution in [3.8, 4) is 12.0 Å². The van der Waals surface area contributed by atoms with Crippen molar-refractivity contribution in [3.63, 3.8) is 0 Å². The smallest absolute Gasteiger partial charge is 0.337 e. The maximum Gasteiger partial charge on any atom is 0.337 e. The summed E-state index contributed by atoms with van der Waals surface area (Å²) in [6.45, 7) is 2.26. The largest absolute Gasteiger partial charge is 0.478 e. The van der Waals surface area contributed by atoms with Crippen LogP contribution in [0.1, 0.15) is 28.5 Å². The van der Waals surface area contributed by atoms with Gasteiger partial charge in [0, 0.05) is 6.54 Å². The van der Waals surface area contributed by atoms with Crippen molar-refractivity contribution in [1.29, 1.82) is 0 Å². The van der Waals surface area contributed by atoms with Gasteiger partial charge >= 0.3 is 12.0 Å². The molecule has 0 fully saturated rings. The molecule has 0 aliphatic carbocycles. The van der Waals surface area contributed by atoms with Crippen molar-refractivity contribution >= 4 is 22.8 Å². The summed E-state index contributed by atoms with van der Waals surface area (Å²) in [5, 5.41) is 21.1. The molecular weight excluding hydrogens is 403 g/mol. The molecule has 10 heteroatoms. The molecule has 0 spiro atoms. The summed E-state index contributed by atoms with van der Waals surface area (Å²) in [6.07, 6.45) is 0.580. The fourth-order valence-electron chi connectivity index (χ4n) is 3.23. The Hall–Kier alpha value is -4.08. The quantitative estimate of drug-likeness (QED) is 0.466. The zero-order valence-corrected chi connectivity index (χ0v) is 16.8. The number of imidazole rings is 1. The Morgan fingerprint density at radius 2 is 2.00 bits per heavy atom. The van der Waals surface area contributed by atoms with E-state index in [1.807, 2.05) is 6.92 Å². The van der Waals surface area contributed by atoms with Gasteiger partial charge in [-0.15, -0.1) is 10.2 Å². The minimum absolute atomic E-state index is 0.0390. The lowest BCUT2D eigenvalue weighted by Crippen LogP contribution is -2.12. The van der Waals surface area contributed by atoms with E-state index in [0.717, 1.165) is 5.56 Å². The second-order valence-electron chi connectivity index (χ2n) is 6.66. The molecule has 0 radical (unpaired) electrons. The van der Waals surface area contributed by atoms with Crippen LogP contribution >= 0.6 is 0 Å². The zero-order valence-electron chi connectivity index (χ0n) is 16.8. The second kappa shape index (κ2) is 8.34. The Morgan fingerprint density at radius 1 is 1.19 bits per heavy atom. The lowest BCUT2D eigenvalue weighted by Gasteiger charge is -2.12. The third kappa shape index (κ3) is 3.87. The lowest BCUT2D eigenvalue weighted by molar-refractivity contribution is 0.0699. The number of nitrogens with one attached hydrogen (secondary N) is 1. The number of anilines is 1. The number of halogens is 1. The van der Waals surface area contributed by atoms with Gasteiger partial charge in [-0.1, -0.05) is 25.1 Å². The first-order valence-electron chi connectivity index (χ1n) is 9.52. The normalized spacial score (nSPS) is 10.9. The fraction of sp³-hybridized carbons (Fsp3) is 0.190. The zero-order chi connectivity index (χ0) is 22.0. The van der Waals surface area contributed by atoms with E-state index in [2.05, 4.69) is 25.5 Å². The van der Waals surface area contributed by atoms with E-state index in [1.165, 1.54) is 29.9 Å². The number of aromatic carboxylic acids is 1. The van der Waals surface area contributed by atoms with Crippen LogP contribution < -0.4 is 10.1 Å². The molecule has 4 aromatic rings. The van der Waals surface area contributed by atoms with E-state index < -0.39 is 5.97 Å². The van der Waals surface area contributed by atoms with E-state index >= 15 is 0 Å². The van der Waals surface area contributed by atoms with Crippen LogP contribution in [0.3, 0.4) is 0 Å². The first-order valence-corrected chi connectivity index (χ1v) is 9.52. The number of carboxylic acid groups (broad SMARTS) is 1. The molecule has 2 N–H and O–H groups in total. The van der Waals surface area contributed by atoms with Gasteiger partial charge in [0.05, 0.1) is 18.2 Å². The molecule has 31 heavy (non-hydrogen) atoms. The van der Waals surface area contributed by atoms with Crippen LogP contribution in [-0.4, -0.2) is 42.9 Å². The highest BCUT2D eigenvalue weighted by Gasteiger charge is 2.21. The summed E-state index contributed by atoms with van der Waals surface area (Å²) in [7, 11) is 1.43. The summed E-state index contributed by atoms with van der Waals surface area (Å²) in [5.74, 6) is -0.771. The van der Waals surface area contributed by atoms with Gasteiger partial charge < -0.3 is 15.2 Å². The molecule has 0 aliphatic rings. The van der Waals surface area contributed by atoms with Gasteiger partial charge in [-0.25, -0.2) is 13.8 Å². The van der Waals surface area contributed by atoms with Crippen molar-refractivity contribution in [2.45, 2.75) is 19.9 Å². The van der Waals surface area contributed by atoms with Crippen LogP contribution in [-0.2, 0) is 13.0 Å². The molecule has 0 atom stereocenters. The van der Waals surface area contributed by atoms with Gasteiger partial charge in [0.1, 0.15) is 17.0 Å². The van der Waals surface area contributed by atoms with Crippen LogP contribution in [0.5, 0.6) is 6.01 Å². The highest BCUT2D eigenvalue weighted by molar-refractivity contribution is 6.01. The molecule has 9 nitrogen and oxygen atoms in total. The van der Waals surface area contributed by atoms with Crippen molar-refractivity contribution in [2.75, 3.05) is 12.4 Å². The molecule has 0 amide bonds. The number of methoxy groups -OCH3 is 1. The summed E-state index contributed by atoms with van der Waals surface area (Å²) >= 11 is 0. The van der Waals surface area contributed by atoms with Crippen molar-refractivity contribution in [2.24, 2.45) is 0 Å². The molecule has 4 rings (SSSR count). The van der Waals surface area contributed by atoms with Crippen LogP contribution in [0.15, 0.2) is 42.5 Å². The highest BCUT2D eigenvalue weighted by Crippen LogP contribution is 2.27. The number of ether oxygens (including phenoxy) is 1. The molecule has 158 valence electrons. The molecule has 2 aromatic carbocycles. The molecule has 2 aromatic heterocycles. The molecule has 0 bridgehead atoms. The van der Waals surface area contributed by atoms with E-state index in [4.69, 9.17) is 4.74 Å². The van der Waals surface area contributed by atoms with E-state index in [0.29, 0.717) is 30.0 Å². The van der Waals surface area contributed by atoms with Crippen molar-refractivity contribution < 1.29 is 19.0 Å². The lowest BCUT2D eigenvalue weighted by atomic mass is 10.2. The van der Waals surface area contributed by atoms with Crippen molar-refractivity contribution in [1.82, 2.24) is 24.7 Å². The maximum atomic E-state index is 13.5. The average molecular weight is 422 g/mol. The Labute approximate surface area is 176 Å². The number of para-hydroxylation sites is 1. The topological polar surface area (TPSA) is 115 Å². The monoisotopic (exact) mass is 422 g/mol. The third-order valence-electron chi connectivity index (χ3n) is 4.70. The first kappa shape index (κ1) is 20.2. The highest BCUT2D eigenvalue weighted by atomic mass is 19.1. The number of aryl methyl sites for hydroxylation is 1. The summed E-state index contributed by atoms with van der Waals surface area (Å²) in [4.78, 5) is 20.4. The SMILES string of the molecule is CCc1nnc(-n2c(OC)nc3c(C(=O)O)cccc32)nc1NCc1cccc(F)c1. The van der Waals surface area contributed by atoms with E-state index in [1.54, 1.807) is 24.3 Å².